The zero-order valence-corrected chi connectivity index (χ0v) is 6.97. The number of nitrogens with zero attached hydrogens (tertiary/aromatic N) is 1. The number of hydrogen-bond acceptors (Lipinski definition) is 2. The first-order chi connectivity index (χ1) is 5.81. The summed E-state index contributed by atoms with van der Waals surface area (Å²) in [6.07, 6.45) is 1.58. The molecule has 0 amide bonds. The van der Waals surface area contributed by atoms with Gasteiger partial charge in [0.25, 0.3) is 0 Å². The molecule has 1 aromatic carbocycles. The summed E-state index contributed by atoms with van der Waals surface area (Å²) in [5, 5.41) is 9.43. The first kappa shape index (κ1) is 7.58. The van der Waals surface area contributed by atoms with E-state index in [0.29, 0.717) is 5.02 Å². The molecule has 0 saturated heterocycles. The van der Waals surface area contributed by atoms with Crippen molar-refractivity contribution in [2.75, 3.05) is 0 Å². The molecule has 3 nitrogen and oxygen atoms in total. The Bertz CT molecular complexity index is 410. The van der Waals surface area contributed by atoms with Crippen LogP contribution in [0, 0.1) is 0 Å². The van der Waals surface area contributed by atoms with E-state index in [1.165, 1.54) is 0 Å². The Morgan fingerprint density at radius 2 is 2.33 bits per heavy atom. The predicted octanol–water partition coefficient (Wildman–Crippen LogP) is 1.71. The highest BCUT2D eigenvalue weighted by Crippen LogP contribution is 2.22. The van der Waals surface area contributed by atoms with Crippen LogP contribution in [0.15, 0.2) is 18.5 Å². The minimum absolute atomic E-state index is 0.00528. The Morgan fingerprint density at radius 1 is 1.50 bits per heavy atom. The van der Waals surface area contributed by atoms with Gasteiger partial charge in [-0.2, -0.15) is 0 Å². The third-order valence-electron chi connectivity index (χ3n) is 1.72. The minimum atomic E-state index is -0.00528. The van der Waals surface area contributed by atoms with E-state index in [1.807, 2.05) is 6.07 Å². The maximum atomic E-state index is 8.87. The van der Waals surface area contributed by atoms with Gasteiger partial charge in [-0.25, -0.2) is 4.98 Å². The second kappa shape index (κ2) is 2.77. The molecule has 0 atom stereocenters. The molecule has 1 heterocycles. The largest absolute Gasteiger partial charge is 0.392 e. The number of aromatic amines is 1. The Labute approximate surface area is 74.0 Å². The number of benzene rings is 1. The third-order valence-corrected chi connectivity index (χ3v) is 2.01. The molecule has 2 rings (SSSR count). The Kier molecular flexibility index (Phi) is 1.75. The van der Waals surface area contributed by atoms with Crippen molar-refractivity contribution in [3.8, 4) is 0 Å². The van der Waals surface area contributed by atoms with E-state index in [2.05, 4.69) is 9.97 Å². The van der Waals surface area contributed by atoms with Crippen LogP contribution < -0.4 is 0 Å². The monoisotopic (exact) mass is 182 g/mol. The van der Waals surface area contributed by atoms with E-state index >= 15 is 0 Å². The number of fused-ring (bicyclic) bond motifs is 1. The van der Waals surface area contributed by atoms with Gasteiger partial charge in [-0.3, -0.25) is 0 Å². The number of H-pyrrole nitrogens is 1. The first-order valence-corrected chi connectivity index (χ1v) is 3.91. The molecule has 0 spiro atoms. The number of aliphatic hydroxyl groups is 1. The lowest BCUT2D eigenvalue weighted by atomic mass is 10.2. The highest BCUT2D eigenvalue weighted by atomic mass is 35.5. The zero-order chi connectivity index (χ0) is 8.55. The average molecular weight is 183 g/mol. The molecule has 0 unspecified atom stereocenters. The molecule has 0 aliphatic heterocycles. The quantitative estimate of drug-likeness (QED) is 0.706. The van der Waals surface area contributed by atoms with Crippen molar-refractivity contribution in [3.63, 3.8) is 0 Å². The van der Waals surface area contributed by atoms with E-state index < -0.39 is 0 Å². The second-order valence-electron chi connectivity index (χ2n) is 2.53. The lowest BCUT2D eigenvalue weighted by Crippen LogP contribution is -1.83. The lowest BCUT2D eigenvalue weighted by Gasteiger charge is -1.97. The number of aliphatic hydroxyl groups excluding tert-OH is 1. The lowest BCUT2D eigenvalue weighted by molar-refractivity contribution is 0.282. The van der Waals surface area contributed by atoms with Crippen LogP contribution >= 0.6 is 11.6 Å². The van der Waals surface area contributed by atoms with E-state index in [1.54, 1.807) is 12.4 Å². The van der Waals surface area contributed by atoms with Gasteiger partial charge in [0.15, 0.2) is 0 Å². The summed E-state index contributed by atoms with van der Waals surface area (Å²) in [7, 11) is 0. The normalized spacial score (nSPS) is 10.8. The van der Waals surface area contributed by atoms with E-state index in [9.17, 15) is 0 Å². The topological polar surface area (TPSA) is 48.9 Å². The van der Waals surface area contributed by atoms with Crippen molar-refractivity contribution in [1.29, 1.82) is 0 Å². The van der Waals surface area contributed by atoms with Gasteiger partial charge in [0.1, 0.15) is 5.52 Å². The molecule has 2 aromatic rings. The van der Waals surface area contributed by atoms with Gasteiger partial charge in [-0.05, 0) is 17.7 Å². The number of halogens is 1. The summed E-state index contributed by atoms with van der Waals surface area (Å²) < 4.78 is 0. The number of rotatable bonds is 1. The maximum absolute atomic E-state index is 8.87. The van der Waals surface area contributed by atoms with Gasteiger partial charge in [0.2, 0.25) is 0 Å². The van der Waals surface area contributed by atoms with Gasteiger partial charge < -0.3 is 10.1 Å². The van der Waals surface area contributed by atoms with E-state index in [-0.39, 0.29) is 6.61 Å². The summed E-state index contributed by atoms with van der Waals surface area (Å²) in [6, 6.07) is 3.54. The number of imidazole rings is 1. The van der Waals surface area contributed by atoms with Gasteiger partial charge in [-0.15, -0.1) is 0 Å². The molecule has 1 aromatic heterocycles. The number of hydrogen-bond donors (Lipinski definition) is 2. The summed E-state index contributed by atoms with van der Waals surface area (Å²) in [5.74, 6) is 0. The highest BCUT2D eigenvalue weighted by molar-refractivity contribution is 6.35. The summed E-state index contributed by atoms with van der Waals surface area (Å²) in [5.41, 5.74) is 2.39. The van der Waals surface area contributed by atoms with Gasteiger partial charge in [0, 0.05) is 0 Å². The molecule has 0 aliphatic carbocycles. The van der Waals surface area contributed by atoms with Crippen molar-refractivity contribution < 1.29 is 5.11 Å². The molecule has 12 heavy (non-hydrogen) atoms. The molecular weight excluding hydrogens is 176 g/mol. The van der Waals surface area contributed by atoms with Crippen LogP contribution in [0.5, 0.6) is 0 Å². The van der Waals surface area contributed by atoms with Crippen LogP contribution in [-0.4, -0.2) is 15.1 Å². The van der Waals surface area contributed by atoms with Crippen molar-refractivity contribution in [3.05, 3.63) is 29.0 Å². The van der Waals surface area contributed by atoms with Gasteiger partial charge in [0.05, 0.1) is 23.5 Å². The second-order valence-corrected chi connectivity index (χ2v) is 2.94. The molecule has 0 aliphatic rings. The van der Waals surface area contributed by atoms with E-state index in [4.69, 9.17) is 16.7 Å². The van der Waals surface area contributed by atoms with Crippen LogP contribution in [0.1, 0.15) is 5.56 Å². The minimum Gasteiger partial charge on any atom is -0.392 e. The van der Waals surface area contributed by atoms with Crippen LogP contribution in [-0.2, 0) is 6.61 Å². The van der Waals surface area contributed by atoms with Crippen molar-refractivity contribution in [2.24, 2.45) is 0 Å². The standard InChI is InChI=1S/C8H7ClN2O/c9-6-1-5(3-12)2-7-8(6)11-4-10-7/h1-2,4,12H,3H2,(H,10,11). The first-order valence-electron chi connectivity index (χ1n) is 3.53. The van der Waals surface area contributed by atoms with E-state index in [0.717, 1.165) is 16.6 Å². The van der Waals surface area contributed by atoms with Gasteiger partial charge in [-0.1, -0.05) is 11.6 Å². The third kappa shape index (κ3) is 1.07. The fourth-order valence-electron chi connectivity index (χ4n) is 1.15. The fraction of sp³-hybridized carbons (Fsp3) is 0.125. The Hall–Kier alpha value is -1.06. The van der Waals surface area contributed by atoms with Crippen LogP contribution in [0.4, 0.5) is 0 Å². The maximum Gasteiger partial charge on any atom is 0.107 e. The molecule has 62 valence electrons. The molecular formula is C8H7ClN2O. The number of aromatic nitrogens is 2. The smallest absolute Gasteiger partial charge is 0.107 e. The molecule has 0 bridgehead atoms. The molecule has 2 N–H and O–H groups in total. The molecule has 0 fully saturated rings. The van der Waals surface area contributed by atoms with Crippen LogP contribution in [0.2, 0.25) is 5.02 Å². The fourth-order valence-corrected chi connectivity index (χ4v) is 1.44. The number of nitrogens with one attached hydrogen (secondary N) is 1. The molecule has 0 saturated carbocycles. The predicted molar refractivity (Wildman–Crippen MR) is 47.0 cm³/mol. The molecule has 0 radical (unpaired) electrons. The highest BCUT2D eigenvalue weighted by Gasteiger charge is 2.02. The van der Waals surface area contributed by atoms with Crippen molar-refractivity contribution in [1.82, 2.24) is 9.97 Å². The van der Waals surface area contributed by atoms with Crippen molar-refractivity contribution >= 4 is 22.6 Å². The van der Waals surface area contributed by atoms with Crippen LogP contribution in [0.25, 0.3) is 11.0 Å². The van der Waals surface area contributed by atoms with Crippen molar-refractivity contribution in [2.45, 2.75) is 6.61 Å². The summed E-state index contributed by atoms with van der Waals surface area (Å²) in [6.45, 7) is -0.00528. The van der Waals surface area contributed by atoms with Crippen LogP contribution in [0.3, 0.4) is 0 Å². The van der Waals surface area contributed by atoms with Gasteiger partial charge >= 0.3 is 0 Å². The zero-order valence-electron chi connectivity index (χ0n) is 6.21. The Morgan fingerprint density at radius 3 is 3.08 bits per heavy atom. The average Bonchev–Trinajstić information content (AvgIpc) is 2.52. The Balaban J connectivity index is 2.75. The summed E-state index contributed by atoms with van der Waals surface area (Å²) in [4.78, 5) is 6.95. The SMILES string of the molecule is OCc1cc(Cl)c2nc[nH]c2c1. The summed E-state index contributed by atoms with van der Waals surface area (Å²) >= 11 is 5.89. The molecule has 4 heteroatoms.